The molecule has 1 saturated heterocycles. The van der Waals surface area contributed by atoms with Crippen LogP contribution in [0.15, 0.2) is 29.0 Å². The highest BCUT2D eigenvalue weighted by molar-refractivity contribution is 5.94. The molecule has 12 nitrogen and oxygen atoms in total. The number of fused-ring (bicyclic) bond motifs is 1. The van der Waals surface area contributed by atoms with Crippen molar-refractivity contribution in [1.29, 1.82) is 0 Å². The van der Waals surface area contributed by atoms with Crippen LogP contribution in [0.4, 0.5) is 0 Å². The molecule has 0 aromatic heterocycles. The molecule has 1 aromatic carbocycles. The van der Waals surface area contributed by atoms with E-state index in [9.17, 15) is 24.3 Å². The quantitative estimate of drug-likeness (QED) is 0.0240. The van der Waals surface area contributed by atoms with Gasteiger partial charge in [0.1, 0.15) is 29.8 Å². The van der Waals surface area contributed by atoms with Crippen molar-refractivity contribution in [1.82, 2.24) is 0 Å². The molecule has 3 rings (SSSR count). The second-order valence-corrected chi connectivity index (χ2v) is 17.1. The number of aliphatic imine (C=N–C) groups is 1. The summed E-state index contributed by atoms with van der Waals surface area (Å²) in [6.45, 7) is 20.7. The van der Waals surface area contributed by atoms with Crippen molar-refractivity contribution in [3.8, 4) is 11.5 Å². The Labute approximate surface area is 346 Å². The molecule has 2 heterocycles. The molecule has 0 amide bonds. The third-order valence-electron chi connectivity index (χ3n) is 11.3. The number of nitrogens with zero attached hydrogens (tertiary/aromatic N) is 1. The molecule has 2 aliphatic rings. The maximum absolute atomic E-state index is 13.4. The highest BCUT2D eigenvalue weighted by atomic mass is 16.7. The van der Waals surface area contributed by atoms with Crippen LogP contribution in [0.1, 0.15) is 142 Å². The highest BCUT2D eigenvalue weighted by Crippen LogP contribution is 2.45. The van der Waals surface area contributed by atoms with Gasteiger partial charge in [0.2, 0.25) is 0 Å². The summed E-state index contributed by atoms with van der Waals surface area (Å²) in [5, 5.41) is 9.99. The number of benzene rings is 1. The number of rotatable bonds is 21. The van der Waals surface area contributed by atoms with Gasteiger partial charge in [-0.1, -0.05) is 72.6 Å². The first-order chi connectivity index (χ1) is 27.3. The molecule has 0 bridgehead atoms. The lowest BCUT2D eigenvalue weighted by Gasteiger charge is -2.38. The molecule has 7 atom stereocenters. The summed E-state index contributed by atoms with van der Waals surface area (Å²) in [5.41, 5.74) is 3.12. The van der Waals surface area contributed by atoms with Gasteiger partial charge < -0.3 is 33.5 Å². The Balaban J connectivity index is 1.62. The van der Waals surface area contributed by atoms with Crippen molar-refractivity contribution in [3.63, 3.8) is 0 Å². The van der Waals surface area contributed by atoms with Gasteiger partial charge in [-0.15, -0.1) is 0 Å². The van der Waals surface area contributed by atoms with Crippen molar-refractivity contribution < 1.29 is 52.7 Å². The average molecular weight is 812 g/mol. The van der Waals surface area contributed by atoms with Crippen LogP contribution in [0.5, 0.6) is 11.5 Å². The number of aliphatic hydroxyl groups excluding tert-OH is 1. The Morgan fingerprint density at radius 3 is 2.03 bits per heavy atom. The predicted octanol–water partition coefficient (Wildman–Crippen LogP) is 9.26. The maximum Gasteiger partial charge on any atom is 0.346 e. The summed E-state index contributed by atoms with van der Waals surface area (Å²) in [5.74, 6) is 0.920. The van der Waals surface area contributed by atoms with Gasteiger partial charge in [0, 0.05) is 32.5 Å². The van der Waals surface area contributed by atoms with E-state index in [-0.39, 0.29) is 17.8 Å². The Kier molecular flexibility index (Phi) is 19.0. The summed E-state index contributed by atoms with van der Waals surface area (Å²) < 4.78 is 34.3. The van der Waals surface area contributed by atoms with Crippen LogP contribution in [0.25, 0.3) is 0 Å². The van der Waals surface area contributed by atoms with Crippen LogP contribution in [0.3, 0.4) is 0 Å². The molecule has 12 heteroatoms. The Morgan fingerprint density at radius 1 is 0.845 bits per heavy atom. The third kappa shape index (κ3) is 14.6. The Bertz CT molecular complexity index is 1660. The van der Waals surface area contributed by atoms with Gasteiger partial charge in [-0.2, -0.15) is 0 Å². The predicted molar refractivity (Wildman–Crippen MR) is 223 cm³/mol. The smallest absolute Gasteiger partial charge is 0.346 e. The van der Waals surface area contributed by atoms with E-state index >= 15 is 0 Å². The summed E-state index contributed by atoms with van der Waals surface area (Å²) in [6, 6.07) is 0. The number of carbonyl (C=O) groups excluding carboxylic acids is 4. The van der Waals surface area contributed by atoms with Crippen LogP contribution in [0, 0.1) is 38.5 Å². The molecule has 1 fully saturated rings. The number of aliphatic hydroxyl groups is 1. The largest absolute Gasteiger partial charge is 0.515 e. The zero-order valence-electron chi connectivity index (χ0n) is 36.8. The van der Waals surface area contributed by atoms with E-state index < -0.39 is 48.4 Å². The molecule has 0 radical (unpaired) electrons. The van der Waals surface area contributed by atoms with Crippen molar-refractivity contribution in [2.45, 2.75) is 177 Å². The zero-order valence-corrected chi connectivity index (χ0v) is 36.8. The van der Waals surface area contributed by atoms with Gasteiger partial charge in [-0.05, 0) is 100.0 Å². The molecule has 324 valence electrons. The van der Waals surface area contributed by atoms with Gasteiger partial charge in [0.15, 0.2) is 18.4 Å². The molecular weight excluding hydrogens is 743 g/mol. The number of hydrogen-bond donors (Lipinski definition) is 1. The number of allylic oxidation sites excluding steroid dienone is 1. The van der Waals surface area contributed by atoms with E-state index in [1.54, 1.807) is 0 Å². The summed E-state index contributed by atoms with van der Waals surface area (Å²) >= 11 is 0. The van der Waals surface area contributed by atoms with E-state index in [2.05, 4.69) is 39.6 Å². The molecule has 1 aromatic rings. The van der Waals surface area contributed by atoms with Crippen LogP contribution in [0.2, 0.25) is 0 Å². The van der Waals surface area contributed by atoms with Gasteiger partial charge in [-0.3, -0.25) is 19.4 Å². The van der Waals surface area contributed by atoms with E-state index in [1.807, 2.05) is 20.8 Å². The molecule has 0 aliphatic carbocycles. The molecular formula is C46H69NO11. The van der Waals surface area contributed by atoms with Gasteiger partial charge in [-0.25, -0.2) is 4.79 Å². The molecule has 0 saturated carbocycles. The molecule has 4 unspecified atom stereocenters. The Morgan fingerprint density at radius 2 is 1.45 bits per heavy atom. The standard InChI is InChI=1S/C46H69NO11/c1-28(2)16-12-17-29(3)18-13-19-30(4)20-14-23-46(11)24-22-38-33(7)40(31(5)32(6)41(38)58-46)57-45(52)37(26-48)21-15-25-47-44-43(55-36(10)51)42(54-35(9)50)39(56-44)27-53-34(8)49/h15,21,25-26,28-30,39,42-44,48H,12-14,16-20,22-24,27H2,1-11H3/t29-,30-,39?,42?,43?,44?,46-/m1/s1. The minimum absolute atomic E-state index is 0.149. The Hall–Kier alpha value is -4.19. The second kappa shape index (κ2) is 22.8. The van der Waals surface area contributed by atoms with E-state index in [0.717, 1.165) is 65.5 Å². The van der Waals surface area contributed by atoms with Crippen molar-refractivity contribution >= 4 is 30.1 Å². The van der Waals surface area contributed by atoms with E-state index in [0.29, 0.717) is 17.9 Å². The topological polar surface area (TPSA) is 156 Å². The van der Waals surface area contributed by atoms with Crippen LogP contribution in [-0.4, -0.2) is 71.9 Å². The summed E-state index contributed by atoms with van der Waals surface area (Å²) in [6.07, 6.45) is 13.1. The minimum Gasteiger partial charge on any atom is -0.515 e. The fourth-order valence-electron chi connectivity index (χ4n) is 7.82. The van der Waals surface area contributed by atoms with Crippen molar-refractivity contribution in [2.24, 2.45) is 22.7 Å². The van der Waals surface area contributed by atoms with Crippen LogP contribution < -0.4 is 9.47 Å². The van der Waals surface area contributed by atoms with Gasteiger partial charge in [0.05, 0.1) is 11.8 Å². The summed E-state index contributed by atoms with van der Waals surface area (Å²) in [7, 11) is 0. The number of hydrogen-bond acceptors (Lipinski definition) is 12. The normalized spacial score (nSPS) is 23.1. The first-order valence-corrected chi connectivity index (χ1v) is 21.1. The number of ether oxygens (including phenoxy) is 6. The third-order valence-corrected chi connectivity index (χ3v) is 11.3. The van der Waals surface area contributed by atoms with Crippen LogP contribution in [-0.2, 0) is 44.5 Å². The van der Waals surface area contributed by atoms with E-state index in [1.165, 1.54) is 84.1 Å². The molecule has 58 heavy (non-hydrogen) atoms. The van der Waals surface area contributed by atoms with E-state index in [4.69, 9.17) is 28.4 Å². The van der Waals surface area contributed by atoms with Gasteiger partial charge >= 0.3 is 23.9 Å². The first-order valence-electron chi connectivity index (χ1n) is 21.1. The fourth-order valence-corrected chi connectivity index (χ4v) is 7.82. The molecule has 1 N–H and O–H groups in total. The van der Waals surface area contributed by atoms with Crippen molar-refractivity contribution in [2.75, 3.05) is 6.61 Å². The second-order valence-electron chi connectivity index (χ2n) is 17.1. The monoisotopic (exact) mass is 811 g/mol. The maximum atomic E-state index is 13.4. The fraction of sp³-hybridized carbons (Fsp3) is 0.674. The molecule has 0 spiro atoms. The SMILES string of the molecule is CC(=O)OCC1OC(N=CC=CC(=CO)C(=O)Oc2c(C)c(C)c3c(c2C)CC[C@@](C)(CCC[C@H](C)CCC[C@H](C)CCCC(C)C)O3)C(OC(C)=O)C1OC(C)=O. The average Bonchev–Trinajstić information content (AvgIpc) is 3.44. The lowest BCUT2D eigenvalue weighted by atomic mass is 9.83. The molecule has 2 aliphatic heterocycles. The van der Waals surface area contributed by atoms with Crippen LogP contribution >= 0.6 is 0 Å². The lowest BCUT2D eigenvalue weighted by molar-refractivity contribution is -0.165. The first kappa shape index (κ1) is 48.2. The highest BCUT2D eigenvalue weighted by Gasteiger charge is 2.49. The minimum atomic E-state index is -1.13. The van der Waals surface area contributed by atoms with Crippen molar-refractivity contribution in [3.05, 3.63) is 46.2 Å². The lowest BCUT2D eigenvalue weighted by Crippen LogP contribution is -2.41. The number of esters is 4. The van der Waals surface area contributed by atoms with Gasteiger partial charge in [0.25, 0.3) is 0 Å². The summed E-state index contributed by atoms with van der Waals surface area (Å²) in [4.78, 5) is 52.7. The zero-order chi connectivity index (χ0) is 43.2. The number of carbonyl (C=O) groups is 4.